The lowest BCUT2D eigenvalue weighted by Crippen LogP contribution is -2.38. The van der Waals surface area contributed by atoms with Gasteiger partial charge in [-0.05, 0) is 43.7 Å². The number of amidine groups is 1. The van der Waals surface area contributed by atoms with E-state index in [-0.39, 0.29) is 5.91 Å². The molecule has 2 atom stereocenters. The molecule has 114 valence electrons. The minimum atomic E-state index is -0.0295. The Bertz CT molecular complexity index is 668. The zero-order valence-electron chi connectivity index (χ0n) is 12.6. The van der Waals surface area contributed by atoms with Gasteiger partial charge in [0.05, 0.1) is 17.0 Å². The van der Waals surface area contributed by atoms with E-state index >= 15 is 0 Å². The molecule has 0 spiro atoms. The van der Waals surface area contributed by atoms with Gasteiger partial charge in [0.25, 0.3) is 5.91 Å². The molecule has 1 saturated carbocycles. The quantitative estimate of drug-likeness (QED) is 0.907. The van der Waals surface area contributed by atoms with Crippen LogP contribution in [0.2, 0.25) is 0 Å². The smallest absolute Gasteiger partial charge is 0.264 e. The fraction of sp³-hybridized carbons (Fsp3) is 0.412. The number of carbonyl (C=O) groups excluding carboxylic acids is 1. The van der Waals surface area contributed by atoms with Gasteiger partial charge < -0.3 is 10.2 Å². The summed E-state index contributed by atoms with van der Waals surface area (Å²) in [5.74, 6) is -0.0295. The van der Waals surface area contributed by atoms with Crippen LogP contribution < -0.4 is 5.32 Å². The third-order valence-corrected chi connectivity index (χ3v) is 5.80. The van der Waals surface area contributed by atoms with Gasteiger partial charge in [-0.15, -0.1) is 0 Å². The Kier molecular flexibility index (Phi) is 3.45. The number of rotatable bonds is 2. The zero-order chi connectivity index (χ0) is 15.1. The number of fused-ring (bicyclic) bond motifs is 3. The monoisotopic (exact) mass is 313 g/mol. The van der Waals surface area contributed by atoms with Gasteiger partial charge in [0.1, 0.15) is 0 Å². The van der Waals surface area contributed by atoms with E-state index in [1.165, 1.54) is 37.4 Å². The molecule has 2 aliphatic heterocycles. The molecule has 0 radical (unpaired) electrons. The fourth-order valence-electron chi connectivity index (χ4n) is 3.55. The first kappa shape index (κ1) is 13.9. The molecule has 5 heteroatoms. The Morgan fingerprint density at radius 1 is 1.27 bits per heavy atom. The molecule has 0 saturated heterocycles. The molecule has 1 N–H and O–H groups in total. The predicted molar refractivity (Wildman–Crippen MR) is 90.7 cm³/mol. The number of nitrogens with zero attached hydrogens (tertiary/aromatic N) is 2. The number of para-hydroxylation sites is 1. The van der Waals surface area contributed by atoms with Gasteiger partial charge in [-0.1, -0.05) is 31.0 Å². The van der Waals surface area contributed by atoms with Crippen LogP contribution in [0, 0.1) is 0 Å². The highest BCUT2D eigenvalue weighted by Gasteiger charge is 2.44. The summed E-state index contributed by atoms with van der Waals surface area (Å²) in [7, 11) is 0. The number of amides is 1. The van der Waals surface area contributed by atoms with Crippen molar-refractivity contribution in [3.8, 4) is 0 Å². The molecule has 1 fully saturated rings. The third-order valence-electron chi connectivity index (χ3n) is 4.63. The maximum absolute atomic E-state index is 12.5. The summed E-state index contributed by atoms with van der Waals surface area (Å²) in [4.78, 5) is 20.5. The van der Waals surface area contributed by atoms with Crippen molar-refractivity contribution in [2.75, 3.05) is 5.32 Å². The van der Waals surface area contributed by atoms with Crippen molar-refractivity contribution < 1.29 is 4.79 Å². The van der Waals surface area contributed by atoms with Crippen LogP contribution in [0.1, 0.15) is 32.6 Å². The van der Waals surface area contributed by atoms with Crippen molar-refractivity contribution in [3.63, 3.8) is 0 Å². The molecule has 3 aliphatic rings. The maximum Gasteiger partial charge on any atom is 0.264 e. The molecule has 1 aliphatic carbocycles. The van der Waals surface area contributed by atoms with Gasteiger partial charge >= 0.3 is 0 Å². The summed E-state index contributed by atoms with van der Waals surface area (Å²) in [6.07, 6.45) is 4.91. The number of thioether (sulfide) groups is 1. The van der Waals surface area contributed by atoms with Gasteiger partial charge in [-0.2, -0.15) is 0 Å². The molecule has 4 rings (SSSR count). The molecule has 1 aromatic carbocycles. The van der Waals surface area contributed by atoms with Gasteiger partial charge in [-0.25, -0.2) is 0 Å². The van der Waals surface area contributed by atoms with E-state index in [1.54, 1.807) is 0 Å². The molecule has 2 heterocycles. The van der Waals surface area contributed by atoms with Gasteiger partial charge in [0, 0.05) is 11.4 Å². The molecular weight excluding hydrogens is 294 g/mol. The molecule has 0 aromatic heterocycles. The van der Waals surface area contributed by atoms with E-state index < -0.39 is 0 Å². The topological polar surface area (TPSA) is 44.7 Å². The SMILES string of the molecule is CC1=C(C(=O)Nc2ccccc2)SC2=N[C@@H]3CCCC[C@H]3N21. The van der Waals surface area contributed by atoms with E-state index in [4.69, 9.17) is 4.99 Å². The average molecular weight is 313 g/mol. The van der Waals surface area contributed by atoms with Crippen LogP contribution in [0.5, 0.6) is 0 Å². The van der Waals surface area contributed by atoms with Crippen molar-refractivity contribution in [1.29, 1.82) is 0 Å². The number of nitrogens with one attached hydrogen (secondary N) is 1. The molecular formula is C17H19N3OS. The van der Waals surface area contributed by atoms with Crippen molar-refractivity contribution >= 4 is 28.5 Å². The number of carbonyl (C=O) groups is 1. The number of hydrogen-bond donors (Lipinski definition) is 1. The summed E-state index contributed by atoms with van der Waals surface area (Å²) >= 11 is 1.53. The standard InChI is InChI=1S/C17H19N3OS/c1-11-15(16(21)18-12-7-3-2-4-8-12)22-17-19-13-9-5-6-10-14(13)20(11)17/h2-4,7-8,13-14H,5-6,9-10H2,1H3,(H,18,21)/t13-,14-/m1/s1. The van der Waals surface area contributed by atoms with Crippen molar-refractivity contribution in [3.05, 3.63) is 40.9 Å². The Morgan fingerprint density at radius 3 is 2.86 bits per heavy atom. The Balaban J connectivity index is 1.55. The summed E-state index contributed by atoms with van der Waals surface area (Å²) in [5, 5.41) is 4.00. The summed E-state index contributed by atoms with van der Waals surface area (Å²) < 4.78 is 0. The third kappa shape index (κ3) is 2.24. The van der Waals surface area contributed by atoms with E-state index in [9.17, 15) is 4.79 Å². The second-order valence-corrected chi connectivity index (χ2v) is 7.02. The van der Waals surface area contributed by atoms with Crippen molar-refractivity contribution in [2.45, 2.75) is 44.7 Å². The number of allylic oxidation sites excluding steroid dienone is 1. The first-order chi connectivity index (χ1) is 10.7. The second kappa shape index (κ2) is 5.47. The predicted octanol–water partition coefficient (Wildman–Crippen LogP) is 3.59. The molecule has 1 aromatic rings. The first-order valence-corrected chi connectivity index (χ1v) is 8.68. The van der Waals surface area contributed by atoms with Crippen LogP contribution in [-0.2, 0) is 4.79 Å². The molecule has 0 unspecified atom stereocenters. The van der Waals surface area contributed by atoms with Crippen molar-refractivity contribution in [1.82, 2.24) is 4.90 Å². The average Bonchev–Trinajstić information content (AvgIpc) is 3.05. The normalized spacial score (nSPS) is 26.6. The highest BCUT2D eigenvalue weighted by Crippen LogP contribution is 2.44. The number of benzene rings is 1. The summed E-state index contributed by atoms with van der Waals surface area (Å²) in [6.45, 7) is 2.05. The number of anilines is 1. The Morgan fingerprint density at radius 2 is 2.05 bits per heavy atom. The van der Waals surface area contributed by atoms with Crippen molar-refractivity contribution in [2.24, 2.45) is 4.99 Å². The van der Waals surface area contributed by atoms with Crippen LogP contribution >= 0.6 is 11.8 Å². The van der Waals surface area contributed by atoms with Crippen LogP contribution in [0.3, 0.4) is 0 Å². The second-order valence-electron chi connectivity index (χ2n) is 6.04. The summed E-state index contributed by atoms with van der Waals surface area (Å²) in [6, 6.07) is 10.5. The highest BCUT2D eigenvalue weighted by atomic mass is 32.2. The van der Waals surface area contributed by atoms with Gasteiger partial charge in [0.2, 0.25) is 0 Å². The van der Waals surface area contributed by atoms with Crippen LogP contribution in [0.15, 0.2) is 45.9 Å². The minimum Gasteiger partial charge on any atom is -0.321 e. The van der Waals surface area contributed by atoms with Crippen LogP contribution in [0.4, 0.5) is 5.69 Å². The lowest BCUT2D eigenvalue weighted by atomic mass is 9.90. The zero-order valence-corrected chi connectivity index (χ0v) is 13.4. The highest BCUT2D eigenvalue weighted by molar-refractivity contribution is 8.18. The molecule has 4 nitrogen and oxygen atoms in total. The van der Waals surface area contributed by atoms with Gasteiger partial charge in [0.15, 0.2) is 5.17 Å². The summed E-state index contributed by atoms with van der Waals surface area (Å²) in [5.41, 5.74) is 1.89. The first-order valence-electron chi connectivity index (χ1n) is 7.86. The largest absolute Gasteiger partial charge is 0.321 e. The van der Waals surface area contributed by atoms with E-state index in [2.05, 4.69) is 10.2 Å². The maximum atomic E-state index is 12.5. The number of aliphatic imine (C=N–C) groups is 1. The molecule has 22 heavy (non-hydrogen) atoms. The van der Waals surface area contributed by atoms with Crippen LogP contribution in [-0.4, -0.2) is 28.1 Å². The lowest BCUT2D eigenvalue weighted by molar-refractivity contribution is -0.112. The molecule has 0 bridgehead atoms. The minimum absolute atomic E-state index is 0.0295. The Labute approximate surface area is 134 Å². The fourth-order valence-corrected chi connectivity index (χ4v) is 4.68. The van der Waals surface area contributed by atoms with E-state index in [0.717, 1.165) is 21.5 Å². The van der Waals surface area contributed by atoms with E-state index in [1.807, 2.05) is 37.3 Å². The molecule has 1 amide bonds. The van der Waals surface area contributed by atoms with Crippen LogP contribution in [0.25, 0.3) is 0 Å². The van der Waals surface area contributed by atoms with E-state index in [0.29, 0.717) is 12.1 Å². The van der Waals surface area contributed by atoms with Gasteiger partial charge in [-0.3, -0.25) is 9.79 Å². The Hall–Kier alpha value is -1.75. The lowest BCUT2D eigenvalue weighted by Gasteiger charge is -2.31. The number of hydrogen-bond acceptors (Lipinski definition) is 4.